The summed E-state index contributed by atoms with van der Waals surface area (Å²) in [6.45, 7) is 7.50. The number of piperidine rings is 1. The van der Waals surface area contributed by atoms with E-state index in [0.717, 1.165) is 55.2 Å². The topological polar surface area (TPSA) is 54.0 Å². The second kappa shape index (κ2) is 9.02. The Morgan fingerprint density at radius 3 is 2.53 bits per heavy atom. The first-order valence-electron chi connectivity index (χ1n) is 11.5. The Bertz CT molecular complexity index is 978. The Balaban J connectivity index is 1.58. The number of benzene rings is 2. The number of carbonyl (C=O) groups is 1. The fraction of sp³-hybridized carbons (Fsp3) is 0.500. The molecule has 1 saturated heterocycles. The number of methoxy groups -OCH3 is 1. The van der Waals surface area contributed by atoms with Crippen LogP contribution in [-0.2, 0) is 10.2 Å². The van der Waals surface area contributed by atoms with Crippen LogP contribution in [0.2, 0.25) is 0 Å². The van der Waals surface area contributed by atoms with Crippen LogP contribution in [-0.4, -0.2) is 51.6 Å². The molecule has 2 aromatic rings. The number of likely N-dealkylation sites (tertiary alicyclic amines) is 1. The number of carbonyl (C=O) groups excluding carboxylic acids is 1. The summed E-state index contributed by atoms with van der Waals surface area (Å²) >= 11 is 0. The van der Waals surface area contributed by atoms with Gasteiger partial charge < -0.3 is 24.6 Å². The average Bonchev–Trinajstić information content (AvgIpc) is 3.03. The highest BCUT2D eigenvalue weighted by molar-refractivity contribution is 6.06. The third kappa shape index (κ3) is 4.29. The molecule has 2 heterocycles. The monoisotopic (exact) mass is 437 g/mol. The zero-order chi connectivity index (χ0) is 22.9. The van der Waals surface area contributed by atoms with Gasteiger partial charge in [0, 0.05) is 37.6 Å². The van der Waals surface area contributed by atoms with Crippen LogP contribution in [0.5, 0.6) is 17.2 Å². The van der Waals surface area contributed by atoms with Crippen molar-refractivity contribution >= 4 is 17.3 Å². The molecule has 0 aromatic heterocycles. The fourth-order valence-electron chi connectivity index (χ4n) is 4.71. The zero-order valence-corrected chi connectivity index (χ0v) is 19.9. The molecule has 1 amide bonds. The van der Waals surface area contributed by atoms with Gasteiger partial charge in [-0.25, -0.2) is 0 Å². The van der Waals surface area contributed by atoms with E-state index in [0.29, 0.717) is 17.4 Å². The maximum atomic E-state index is 13.2. The molecule has 2 aromatic carbocycles. The second-order valence-electron chi connectivity index (χ2n) is 9.60. The maximum absolute atomic E-state index is 13.2. The first kappa shape index (κ1) is 22.5. The van der Waals surface area contributed by atoms with Crippen molar-refractivity contribution in [2.45, 2.75) is 38.5 Å². The third-order valence-corrected chi connectivity index (χ3v) is 6.80. The van der Waals surface area contributed by atoms with Crippen molar-refractivity contribution in [1.82, 2.24) is 4.90 Å². The minimum atomic E-state index is -0.472. The SMILES string of the molecule is COc1cc2c(cc1Oc1cccc(N(C)C)c1)NC(=O)C21CCN(CCC(C)C)CC1. The van der Waals surface area contributed by atoms with Gasteiger partial charge in [0.25, 0.3) is 0 Å². The summed E-state index contributed by atoms with van der Waals surface area (Å²) in [6.07, 6.45) is 2.86. The molecule has 0 saturated carbocycles. The number of rotatable bonds is 7. The van der Waals surface area contributed by atoms with Crippen LogP contribution in [0.4, 0.5) is 11.4 Å². The number of nitrogens with one attached hydrogen (secondary N) is 1. The zero-order valence-electron chi connectivity index (χ0n) is 19.9. The van der Waals surface area contributed by atoms with E-state index < -0.39 is 5.41 Å². The van der Waals surface area contributed by atoms with Crippen LogP contribution in [0.25, 0.3) is 0 Å². The van der Waals surface area contributed by atoms with E-state index in [1.807, 2.05) is 55.4 Å². The molecule has 2 aliphatic rings. The van der Waals surface area contributed by atoms with E-state index in [-0.39, 0.29) is 5.91 Å². The highest BCUT2D eigenvalue weighted by atomic mass is 16.5. The second-order valence-corrected chi connectivity index (χ2v) is 9.60. The maximum Gasteiger partial charge on any atom is 0.235 e. The molecule has 4 rings (SSSR count). The summed E-state index contributed by atoms with van der Waals surface area (Å²) in [7, 11) is 5.65. The Morgan fingerprint density at radius 2 is 1.88 bits per heavy atom. The molecule has 1 fully saturated rings. The van der Waals surface area contributed by atoms with E-state index in [4.69, 9.17) is 9.47 Å². The van der Waals surface area contributed by atoms with Gasteiger partial charge >= 0.3 is 0 Å². The lowest BCUT2D eigenvalue weighted by Gasteiger charge is -2.38. The largest absolute Gasteiger partial charge is 0.493 e. The predicted octanol–water partition coefficient (Wildman–Crippen LogP) is 4.89. The summed E-state index contributed by atoms with van der Waals surface area (Å²) in [5.41, 5.74) is 2.46. The van der Waals surface area contributed by atoms with E-state index in [1.54, 1.807) is 7.11 Å². The molecule has 1 N–H and O–H groups in total. The normalized spacial score (nSPS) is 17.4. The molecule has 172 valence electrons. The van der Waals surface area contributed by atoms with Gasteiger partial charge in [-0.2, -0.15) is 0 Å². The molecule has 1 spiro atoms. The number of hydrogen-bond donors (Lipinski definition) is 1. The molecule has 0 bridgehead atoms. The van der Waals surface area contributed by atoms with Gasteiger partial charge in [0.2, 0.25) is 5.91 Å². The molecular formula is C26H35N3O3. The number of hydrogen-bond acceptors (Lipinski definition) is 5. The highest BCUT2D eigenvalue weighted by Gasteiger charge is 2.49. The molecule has 6 nitrogen and oxygen atoms in total. The summed E-state index contributed by atoms with van der Waals surface area (Å²) in [6, 6.07) is 11.8. The van der Waals surface area contributed by atoms with Crippen molar-refractivity contribution in [3.8, 4) is 17.2 Å². The van der Waals surface area contributed by atoms with Crippen molar-refractivity contribution in [3.05, 3.63) is 42.0 Å². The number of nitrogens with zero attached hydrogens (tertiary/aromatic N) is 2. The van der Waals surface area contributed by atoms with Gasteiger partial charge in [0.15, 0.2) is 11.5 Å². The Kier molecular flexibility index (Phi) is 6.33. The van der Waals surface area contributed by atoms with Crippen molar-refractivity contribution in [2.75, 3.05) is 51.1 Å². The van der Waals surface area contributed by atoms with Crippen LogP contribution in [0, 0.1) is 5.92 Å². The molecule has 32 heavy (non-hydrogen) atoms. The minimum Gasteiger partial charge on any atom is -0.493 e. The van der Waals surface area contributed by atoms with Gasteiger partial charge in [-0.05, 0) is 68.6 Å². The van der Waals surface area contributed by atoms with E-state index in [1.165, 1.54) is 6.42 Å². The Morgan fingerprint density at radius 1 is 1.12 bits per heavy atom. The molecule has 2 aliphatic heterocycles. The van der Waals surface area contributed by atoms with Crippen LogP contribution in [0.1, 0.15) is 38.7 Å². The lowest BCUT2D eigenvalue weighted by molar-refractivity contribution is -0.122. The molecule has 0 radical (unpaired) electrons. The number of fused-ring (bicyclic) bond motifs is 2. The first-order chi connectivity index (χ1) is 15.3. The lowest BCUT2D eigenvalue weighted by atomic mass is 9.73. The van der Waals surface area contributed by atoms with E-state index >= 15 is 0 Å². The van der Waals surface area contributed by atoms with Gasteiger partial charge in [0.05, 0.1) is 12.5 Å². The van der Waals surface area contributed by atoms with Crippen molar-refractivity contribution in [2.24, 2.45) is 5.92 Å². The highest BCUT2D eigenvalue weighted by Crippen LogP contribution is 2.49. The van der Waals surface area contributed by atoms with Crippen LogP contribution in [0.15, 0.2) is 36.4 Å². The fourth-order valence-corrected chi connectivity index (χ4v) is 4.71. The minimum absolute atomic E-state index is 0.102. The van der Waals surface area contributed by atoms with Crippen molar-refractivity contribution in [1.29, 1.82) is 0 Å². The van der Waals surface area contributed by atoms with Crippen LogP contribution >= 0.6 is 0 Å². The quantitative estimate of drug-likeness (QED) is 0.669. The Labute approximate surface area is 191 Å². The van der Waals surface area contributed by atoms with Gasteiger partial charge in [0.1, 0.15) is 5.75 Å². The number of ether oxygens (including phenoxy) is 2. The van der Waals surface area contributed by atoms with Crippen LogP contribution < -0.4 is 19.7 Å². The van der Waals surface area contributed by atoms with Crippen LogP contribution in [0.3, 0.4) is 0 Å². The molecule has 0 unspecified atom stereocenters. The standard InChI is InChI=1S/C26H35N3O3/c1-18(2)9-12-29-13-10-26(11-14-29)21-16-23(31-5)24(17-22(21)27-25(26)30)32-20-8-6-7-19(15-20)28(3)4/h6-8,15-18H,9-14H2,1-5H3,(H,27,30). The lowest BCUT2D eigenvalue weighted by Crippen LogP contribution is -2.46. The number of anilines is 2. The van der Waals surface area contributed by atoms with E-state index in [2.05, 4.69) is 24.1 Å². The summed E-state index contributed by atoms with van der Waals surface area (Å²) in [4.78, 5) is 17.7. The average molecular weight is 438 g/mol. The summed E-state index contributed by atoms with van der Waals surface area (Å²) < 4.78 is 11.9. The molecule has 0 atom stereocenters. The van der Waals surface area contributed by atoms with Crippen molar-refractivity contribution in [3.63, 3.8) is 0 Å². The van der Waals surface area contributed by atoms with Gasteiger partial charge in [-0.1, -0.05) is 19.9 Å². The van der Waals surface area contributed by atoms with Crippen molar-refractivity contribution < 1.29 is 14.3 Å². The Hall–Kier alpha value is -2.73. The number of amides is 1. The van der Waals surface area contributed by atoms with Gasteiger partial charge in [-0.3, -0.25) is 4.79 Å². The summed E-state index contributed by atoms with van der Waals surface area (Å²) in [5.74, 6) is 2.78. The summed E-state index contributed by atoms with van der Waals surface area (Å²) in [5, 5.41) is 3.13. The molecule has 0 aliphatic carbocycles. The van der Waals surface area contributed by atoms with E-state index in [9.17, 15) is 4.79 Å². The molecule has 6 heteroatoms. The first-order valence-corrected chi connectivity index (χ1v) is 11.5. The predicted molar refractivity (Wildman–Crippen MR) is 129 cm³/mol. The van der Waals surface area contributed by atoms with Gasteiger partial charge in [-0.15, -0.1) is 0 Å². The molecular weight excluding hydrogens is 402 g/mol. The smallest absolute Gasteiger partial charge is 0.235 e. The third-order valence-electron chi connectivity index (χ3n) is 6.80.